The van der Waals surface area contributed by atoms with Crippen LogP contribution < -0.4 is 16.0 Å². The molecule has 2 heterocycles. The third-order valence-corrected chi connectivity index (χ3v) is 3.97. The number of nitrogens with zero attached hydrogens (tertiary/aromatic N) is 4. The van der Waals surface area contributed by atoms with Crippen LogP contribution in [0.5, 0.6) is 0 Å². The summed E-state index contributed by atoms with van der Waals surface area (Å²) < 4.78 is 0. The molecule has 1 saturated carbocycles. The van der Waals surface area contributed by atoms with E-state index in [1.165, 1.54) is 32.1 Å². The summed E-state index contributed by atoms with van der Waals surface area (Å²) >= 11 is 0. The van der Waals surface area contributed by atoms with Crippen molar-refractivity contribution in [2.24, 2.45) is 5.92 Å². The molecule has 0 aromatic carbocycles. The third kappa shape index (κ3) is 3.05. The summed E-state index contributed by atoms with van der Waals surface area (Å²) in [6.07, 6.45) is 6.29. The highest BCUT2D eigenvalue weighted by molar-refractivity contribution is 5.42. The van der Waals surface area contributed by atoms with Gasteiger partial charge in [-0.2, -0.15) is 15.0 Å². The van der Waals surface area contributed by atoms with Gasteiger partial charge in [0.25, 0.3) is 0 Å². The van der Waals surface area contributed by atoms with E-state index >= 15 is 0 Å². The molecule has 104 valence electrons. The van der Waals surface area contributed by atoms with E-state index in [1.54, 1.807) is 0 Å². The molecule has 1 saturated heterocycles. The van der Waals surface area contributed by atoms with Crippen LogP contribution in [0, 0.1) is 5.92 Å². The third-order valence-electron chi connectivity index (χ3n) is 3.97. The SMILES string of the molecule is CC(Nc1nc(N)nc(N2CCCCC2)n1)C1CC1. The van der Waals surface area contributed by atoms with E-state index < -0.39 is 0 Å². The Balaban J connectivity index is 1.74. The van der Waals surface area contributed by atoms with Crippen LogP contribution in [0.15, 0.2) is 0 Å². The van der Waals surface area contributed by atoms with Crippen molar-refractivity contribution in [3.05, 3.63) is 0 Å². The minimum absolute atomic E-state index is 0.307. The molecule has 3 rings (SSSR count). The molecule has 3 N–H and O–H groups in total. The van der Waals surface area contributed by atoms with E-state index in [4.69, 9.17) is 5.73 Å². The summed E-state index contributed by atoms with van der Waals surface area (Å²) in [5.41, 5.74) is 5.80. The van der Waals surface area contributed by atoms with Crippen molar-refractivity contribution >= 4 is 17.8 Å². The van der Waals surface area contributed by atoms with Crippen molar-refractivity contribution in [2.75, 3.05) is 29.0 Å². The second-order valence-electron chi connectivity index (χ2n) is 5.64. The predicted octanol–water partition coefficient (Wildman–Crippen LogP) is 1.65. The minimum atomic E-state index is 0.307. The highest BCUT2D eigenvalue weighted by atomic mass is 15.3. The van der Waals surface area contributed by atoms with E-state index in [9.17, 15) is 0 Å². The summed E-state index contributed by atoms with van der Waals surface area (Å²) in [4.78, 5) is 15.2. The van der Waals surface area contributed by atoms with Gasteiger partial charge in [-0.1, -0.05) is 0 Å². The number of nitrogens with two attached hydrogens (primary N) is 1. The van der Waals surface area contributed by atoms with Crippen LogP contribution in [-0.2, 0) is 0 Å². The number of nitrogens with one attached hydrogen (secondary N) is 1. The lowest BCUT2D eigenvalue weighted by Gasteiger charge is -2.27. The van der Waals surface area contributed by atoms with Gasteiger partial charge in [0, 0.05) is 19.1 Å². The van der Waals surface area contributed by atoms with Crippen LogP contribution >= 0.6 is 0 Å². The molecule has 0 bridgehead atoms. The molecule has 1 aromatic heterocycles. The maximum atomic E-state index is 5.80. The molecular formula is C13H22N6. The zero-order valence-electron chi connectivity index (χ0n) is 11.5. The fourth-order valence-electron chi connectivity index (χ4n) is 2.60. The highest BCUT2D eigenvalue weighted by Gasteiger charge is 2.28. The number of piperidine rings is 1. The van der Waals surface area contributed by atoms with E-state index in [-0.39, 0.29) is 0 Å². The van der Waals surface area contributed by atoms with Crippen molar-refractivity contribution in [1.82, 2.24) is 15.0 Å². The predicted molar refractivity (Wildman–Crippen MR) is 76.1 cm³/mol. The number of aromatic nitrogens is 3. The molecule has 1 atom stereocenters. The van der Waals surface area contributed by atoms with Crippen molar-refractivity contribution in [3.8, 4) is 0 Å². The average Bonchev–Trinajstić information content (AvgIpc) is 3.23. The molecule has 0 radical (unpaired) electrons. The maximum Gasteiger partial charge on any atom is 0.231 e. The van der Waals surface area contributed by atoms with Gasteiger partial charge >= 0.3 is 0 Å². The fraction of sp³-hybridized carbons (Fsp3) is 0.769. The van der Waals surface area contributed by atoms with Gasteiger partial charge in [0.15, 0.2) is 0 Å². The lowest BCUT2D eigenvalue weighted by molar-refractivity contribution is 0.567. The Labute approximate surface area is 113 Å². The van der Waals surface area contributed by atoms with Gasteiger partial charge in [0.2, 0.25) is 17.8 Å². The minimum Gasteiger partial charge on any atom is -0.368 e. The van der Waals surface area contributed by atoms with Crippen molar-refractivity contribution in [3.63, 3.8) is 0 Å². The largest absolute Gasteiger partial charge is 0.368 e. The standard InChI is InChI=1S/C13H22N6/c1-9(10-5-6-10)15-12-16-11(14)17-13(18-12)19-7-3-2-4-8-19/h9-10H,2-8H2,1H3,(H3,14,15,16,17,18). The van der Waals surface area contributed by atoms with Crippen molar-refractivity contribution in [2.45, 2.75) is 45.1 Å². The Kier molecular flexibility index (Phi) is 3.40. The van der Waals surface area contributed by atoms with Gasteiger partial charge < -0.3 is 16.0 Å². The number of anilines is 3. The van der Waals surface area contributed by atoms with Crippen LogP contribution in [0.3, 0.4) is 0 Å². The van der Waals surface area contributed by atoms with Crippen LogP contribution in [0.25, 0.3) is 0 Å². The molecule has 19 heavy (non-hydrogen) atoms. The van der Waals surface area contributed by atoms with Crippen LogP contribution in [0.4, 0.5) is 17.8 Å². The molecule has 0 amide bonds. The Bertz CT molecular complexity index is 439. The first-order valence-corrected chi connectivity index (χ1v) is 7.25. The van der Waals surface area contributed by atoms with Crippen LogP contribution in [0.2, 0.25) is 0 Å². The number of rotatable bonds is 4. The van der Waals surface area contributed by atoms with Crippen LogP contribution in [0.1, 0.15) is 39.0 Å². The Morgan fingerprint density at radius 1 is 1.16 bits per heavy atom. The van der Waals surface area contributed by atoms with Gasteiger partial charge in [-0.3, -0.25) is 0 Å². The number of nitrogen functional groups attached to an aromatic ring is 1. The molecule has 1 aromatic rings. The van der Waals surface area contributed by atoms with E-state index in [1.807, 2.05) is 0 Å². The zero-order chi connectivity index (χ0) is 13.2. The first kappa shape index (κ1) is 12.4. The number of hydrogen-bond donors (Lipinski definition) is 2. The average molecular weight is 262 g/mol. The molecule has 6 heteroatoms. The fourth-order valence-corrected chi connectivity index (χ4v) is 2.60. The smallest absolute Gasteiger partial charge is 0.231 e. The monoisotopic (exact) mass is 262 g/mol. The normalized spacial score (nSPS) is 21.2. The van der Waals surface area contributed by atoms with E-state index in [0.29, 0.717) is 17.9 Å². The molecule has 1 unspecified atom stereocenters. The molecule has 6 nitrogen and oxygen atoms in total. The molecule has 2 aliphatic rings. The Morgan fingerprint density at radius 2 is 1.89 bits per heavy atom. The number of hydrogen-bond acceptors (Lipinski definition) is 6. The second kappa shape index (κ2) is 5.19. The molecule has 2 fully saturated rings. The molecular weight excluding hydrogens is 240 g/mol. The lowest BCUT2D eigenvalue weighted by atomic mass is 10.1. The summed E-state index contributed by atoms with van der Waals surface area (Å²) in [6.45, 7) is 4.21. The Morgan fingerprint density at radius 3 is 2.58 bits per heavy atom. The topological polar surface area (TPSA) is 80.0 Å². The summed E-state index contributed by atoms with van der Waals surface area (Å²) in [6, 6.07) is 0.413. The van der Waals surface area contributed by atoms with Crippen LogP contribution in [-0.4, -0.2) is 34.1 Å². The van der Waals surface area contributed by atoms with Gasteiger partial charge in [0.05, 0.1) is 0 Å². The van der Waals surface area contributed by atoms with Gasteiger partial charge in [-0.15, -0.1) is 0 Å². The van der Waals surface area contributed by atoms with E-state index in [2.05, 4.69) is 32.1 Å². The molecule has 1 aliphatic carbocycles. The summed E-state index contributed by atoms with van der Waals surface area (Å²) in [7, 11) is 0. The Hall–Kier alpha value is -1.59. The highest BCUT2D eigenvalue weighted by Crippen LogP contribution is 2.33. The maximum absolute atomic E-state index is 5.80. The van der Waals surface area contributed by atoms with E-state index in [0.717, 1.165) is 25.0 Å². The van der Waals surface area contributed by atoms with Crippen molar-refractivity contribution in [1.29, 1.82) is 0 Å². The van der Waals surface area contributed by atoms with Gasteiger partial charge in [-0.05, 0) is 44.9 Å². The van der Waals surface area contributed by atoms with Gasteiger partial charge in [-0.25, -0.2) is 0 Å². The zero-order valence-corrected chi connectivity index (χ0v) is 11.5. The second-order valence-corrected chi connectivity index (χ2v) is 5.64. The van der Waals surface area contributed by atoms with Gasteiger partial charge in [0.1, 0.15) is 0 Å². The lowest BCUT2D eigenvalue weighted by Crippen LogP contribution is -2.32. The first-order chi connectivity index (χ1) is 9.22. The quantitative estimate of drug-likeness (QED) is 0.859. The van der Waals surface area contributed by atoms with Crippen molar-refractivity contribution < 1.29 is 0 Å². The summed E-state index contributed by atoms with van der Waals surface area (Å²) in [5, 5.41) is 3.36. The molecule has 1 aliphatic heterocycles. The summed E-state index contributed by atoms with van der Waals surface area (Å²) in [5.74, 6) is 2.41. The first-order valence-electron chi connectivity index (χ1n) is 7.25. The molecule has 0 spiro atoms.